The molecule has 0 spiro atoms. The van der Waals surface area contributed by atoms with Crippen molar-refractivity contribution in [3.05, 3.63) is 23.3 Å². The molecule has 4 atom stereocenters. The molecule has 0 saturated carbocycles. The van der Waals surface area contributed by atoms with Crippen molar-refractivity contribution < 1.29 is 33.3 Å². The minimum atomic E-state index is -0.773. The molecule has 1 fully saturated rings. The van der Waals surface area contributed by atoms with Gasteiger partial charge in [-0.25, -0.2) is 4.79 Å². The van der Waals surface area contributed by atoms with Crippen molar-refractivity contribution in [2.45, 2.75) is 63.8 Å². The number of ether oxygens (including phenoxy) is 3. The first-order valence-corrected chi connectivity index (χ1v) is 12.0. The van der Waals surface area contributed by atoms with E-state index in [1.165, 1.54) is 0 Å². The van der Waals surface area contributed by atoms with Gasteiger partial charge in [0, 0.05) is 38.1 Å². The molecule has 2 amide bonds. The molecule has 1 aromatic carbocycles. The molecule has 3 N–H and O–H groups in total. The van der Waals surface area contributed by atoms with E-state index in [0.29, 0.717) is 24.5 Å². The van der Waals surface area contributed by atoms with Crippen molar-refractivity contribution in [3.63, 3.8) is 0 Å². The third-order valence-corrected chi connectivity index (χ3v) is 6.51. The van der Waals surface area contributed by atoms with Crippen LogP contribution in [0.5, 0.6) is 11.5 Å². The normalized spacial score (nSPS) is 22.9. The van der Waals surface area contributed by atoms with E-state index in [2.05, 4.69) is 15.5 Å². The highest BCUT2D eigenvalue weighted by atomic mass is 19.1. The third kappa shape index (κ3) is 6.76. The first kappa shape index (κ1) is 27.0. The van der Waals surface area contributed by atoms with Crippen molar-refractivity contribution in [2.24, 2.45) is 5.92 Å². The Morgan fingerprint density at radius 2 is 1.86 bits per heavy atom. The topological polar surface area (TPSA) is 109 Å². The number of amides is 2. The number of piperidine rings is 1. The van der Waals surface area contributed by atoms with Crippen LogP contribution < -0.4 is 20.1 Å². The summed E-state index contributed by atoms with van der Waals surface area (Å²) in [6.07, 6.45) is 0.673. The first-order valence-electron chi connectivity index (χ1n) is 12.0. The van der Waals surface area contributed by atoms with Gasteiger partial charge in [-0.2, -0.15) is 0 Å². The summed E-state index contributed by atoms with van der Waals surface area (Å²) >= 11 is 0. The average molecular weight is 496 g/mol. The Kier molecular flexibility index (Phi) is 8.82. The zero-order valence-electron chi connectivity index (χ0n) is 21.2. The van der Waals surface area contributed by atoms with Gasteiger partial charge in [0.1, 0.15) is 5.60 Å². The lowest BCUT2D eigenvalue weighted by Crippen LogP contribution is -2.62. The van der Waals surface area contributed by atoms with Crippen LogP contribution >= 0.6 is 0 Å². The Morgan fingerprint density at radius 3 is 2.46 bits per heavy atom. The van der Waals surface area contributed by atoms with Crippen molar-refractivity contribution in [2.75, 3.05) is 40.6 Å². The zero-order valence-corrected chi connectivity index (χ0v) is 21.2. The highest BCUT2D eigenvalue weighted by Crippen LogP contribution is 2.42. The first-order chi connectivity index (χ1) is 16.6. The summed E-state index contributed by atoms with van der Waals surface area (Å²) in [6.45, 7) is 5.48. The van der Waals surface area contributed by atoms with Crippen LogP contribution in [0, 0.1) is 5.92 Å². The molecular weight excluding hydrogens is 457 g/mol. The zero-order chi connectivity index (χ0) is 25.8. The number of alkyl carbamates (subject to hydrolysis) is 1. The molecule has 9 nitrogen and oxygen atoms in total. The van der Waals surface area contributed by atoms with Crippen LogP contribution in [0.3, 0.4) is 0 Å². The molecule has 0 bridgehead atoms. The number of rotatable bonds is 8. The Hall–Kier alpha value is -2.59. The molecule has 2 aliphatic rings. The number of fused-ring (bicyclic) bond motifs is 3. The van der Waals surface area contributed by atoms with Gasteiger partial charge in [0.15, 0.2) is 11.5 Å². The lowest BCUT2D eigenvalue weighted by atomic mass is 9.82. The van der Waals surface area contributed by atoms with Gasteiger partial charge in [0.05, 0.1) is 33.0 Å². The van der Waals surface area contributed by atoms with Crippen LogP contribution in [0.15, 0.2) is 12.1 Å². The number of benzene rings is 1. The van der Waals surface area contributed by atoms with E-state index < -0.39 is 43.0 Å². The fraction of sp³-hybridized carbons (Fsp3) is 0.680. The van der Waals surface area contributed by atoms with Crippen molar-refractivity contribution in [3.8, 4) is 11.5 Å². The molecule has 196 valence electrons. The molecule has 35 heavy (non-hydrogen) atoms. The van der Waals surface area contributed by atoms with Crippen molar-refractivity contribution >= 4 is 12.0 Å². The molecule has 3 rings (SSSR count). The quantitative estimate of drug-likeness (QED) is 0.508. The molecule has 1 unspecified atom stereocenters. The number of nitrogens with one attached hydrogen (secondary N) is 2. The molecular formula is C25H38FN3O6. The Morgan fingerprint density at radius 1 is 1.17 bits per heavy atom. The Balaban J connectivity index is 1.84. The largest absolute Gasteiger partial charge is 0.493 e. The molecule has 2 aliphatic heterocycles. The number of hydrogen-bond donors (Lipinski definition) is 3. The molecule has 10 heteroatoms. The van der Waals surface area contributed by atoms with E-state index in [1.807, 2.05) is 12.1 Å². The van der Waals surface area contributed by atoms with Crippen LogP contribution in [0.2, 0.25) is 0 Å². The molecule has 1 aromatic rings. The van der Waals surface area contributed by atoms with Crippen LogP contribution in [0.25, 0.3) is 0 Å². The Labute approximate surface area is 206 Å². The summed E-state index contributed by atoms with van der Waals surface area (Å²) in [5, 5.41) is 15.2. The van der Waals surface area contributed by atoms with Gasteiger partial charge in [0.2, 0.25) is 5.91 Å². The van der Waals surface area contributed by atoms with Crippen LogP contribution in [0.1, 0.15) is 50.8 Å². The number of methoxy groups -OCH3 is 2. The maximum atomic E-state index is 13.0. The van der Waals surface area contributed by atoms with Crippen LogP contribution in [-0.2, 0) is 16.0 Å². The second-order valence-corrected chi connectivity index (χ2v) is 10.2. The smallest absolute Gasteiger partial charge is 0.407 e. The lowest BCUT2D eigenvalue weighted by molar-refractivity contribution is -0.124. The van der Waals surface area contributed by atoms with Gasteiger partial charge in [-0.1, -0.05) is 0 Å². The van der Waals surface area contributed by atoms with Crippen molar-refractivity contribution in [1.82, 2.24) is 15.5 Å². The minimum absolute atomic E-state index is 0.00248. The standard InChI is InChI=1S/C25H38FN3O6/c1-25(2,3)35-24(32)28-18-11-20-17-10-22(34-5)21(33-4)9-16(17)6-7-29(20)13-19(18)27-23(31)8-15(12-26)14-30/h9-10,15,18-20,30H,6-8,11-14H2,1-5H3,(H,27,31)(H,28,32)/t15?,18-,19+,20-/m0/s1. The number of aliphatic hydroxyl groups excluding tert-OH is 1. The van der Waals surface area contributed by atoms with E-state index in [1.54, 1.807) is 35.0 Å². The van der Waals surface area contributed by atoms with E-state index in [-0.39, 0.29) is 18.4 Å². The highest BCUT2D eigenvalue weighted by Gasteiger charge is 2.41. The van der Waals surface area contributed by atoms with Crippen LogP contribution in [-0.4, -0.2) is 80.3 Å². The molecule has 2 heterocycles. The van der Waals surface area contributed by atoms with Gasteiger partial charge in [-0.3, -0.25) is 14.1 Å². The molecule has 0 radical (unpaired) electrons. The fourth-order valence-corrected chi connectivity index (χ4v) is 4.82. The summed E-state index contributed by atoms with van der Waals surface area (Å²) in [6, 6.07) is 3.19. The number of hydrogen-bond acceptors (Lipinski definition) is 7. The summed E-state index contributed by atoms with van der Waals surface area (Å²) in [5.41, 5.74) is 1.60. The van der Waals surface area contributed by atoms with Crippen LogP contribution in [0.4, 0.5) is 9.18 Å². The van der Waals surface area contributed by atoms with Gasteiger partial charge < -0.3 is 30.0 Å². The molecule has 1 saturated heterocycles. The third-order valence-electron chi connectivity index (χ3n) is 6.51. The SMILES string of the molecule is COc1cc2c(cc1OC)[C@@H]1C[C@H](NC(=O)OC(C)(C)C)[C@H](NC(=O)CC(CO)CF)CN1CC2. The Bertz CT molecular complexity index is 902. The minimum Gasteiger partial charge on any atom is -0.493 e. The van der Waals surface area contributed by atoms with E-state index >= 15 is 0 Å². The second-order valence-electron chi connectivity index (χ2n) is 10.2. The predicted molar refractivity (Wildman–Crippen MR) is 128 cm³/mol. The number of carbonyl (C=O) groups is 2. The molecule has 0 aromatic heterocycles. The monoisotopic (exact) mass is 495 g/mol. The number of halogens is 1. The summed E-state index contributed by atoms with van der Waals surface area (Å²) in [7, 11) is 3.21. The number of aliphatic hydroxyl groups is 1. The number of carbonyl (C=O) groups excluding carboxylic acids is 2. The van der Waals surface area contributed by atoms with E-state index in [9.17, 15) is 19.1 Å². The summed E-state index contributed by atoms with van der Waals surface area (Å²) in [5.74, 6) is 0.217. The van der Waals surface area contributed by atoms with E-state index in [0.717, 1.165) is 24.1 Å². The molecule has 0 aliphatic carbocycles. The van der Waals surface area contributed by atoms with E-state index in [4.69, 9.17) is 14.2 Å². The summed E-state index contributed by atoms with van der Waals surface area (Å²) < 4.78 is 29.5. The van der Waals surface area contributed by atoms with Gasteiger partial charge in [0.25, 0.3) is 0 Å². The maximum Gasteiger partial charge on any atom is 0.407 e. The fourth-order valence-electron chi connectivity index (χ4n) is 4.82. The lowest BCUT2D eigenvalue weighted by Gasteiger charge is -2.47. The number of alkyl halides is 1. The maximum absolute atomic E-state index is 13.0. The van der Waals surface area contributed by atoms with Gasteiger partial charge in [-0.15, -0.1) is 0 Å². The number of nitrogens with zero attached hydrogens (tertiary/aromatic N) is 1. The van der Waals surface area contributed by atoms with Gasteiger partial charge >= 0.3 is 6.09 Å². The van der Waals surface area contributed by atoms with Crippen molar-refractivity contribution in [1.29, 1.82) is 0 Å². The summed E-state index contributed by atoms with van der Waals surface area (Å²) in [4.78, 5) is 27.6. The second kappa shape index (κ2) is 11.4. The predicted octanol–water partition coefficient (Wildman–Crippen LogP) is 2.35. The average Bonchev–Trinajstić information content (AvgIpc) is 2.80. The van der Waals surface area contributed by atoms with Gasteiger partial charge in [-0.05, 0) is 56.9 Å². The highest BCUT2D eigenvalue weighted by molar-refractivity contribution is 5.77.